The fourth-order valence-electron chi connectivity index (χ4n) is 2.81. The van der Waals surface area contributed by atoms with Crippen molar-refractivity contribution >= 4 is 11.8 Å². The number of likely N-dealkylation sites (tertiary alicyclic amines) is 1. The number of hydrogen-bond acceptors (Lipinski definition) is 5. The molecule has 26 heavy (non-hydrogen) atoms. The summed E-state index contributed by atoms with van der Waals surface area (Å²) < 4.78 is 17.8. The van der Waals surface area contributed by atoms with Gasteiger partial charge in [0.2, 0.25) is 5.91 Å². The summed E-state index contributed by atoms with van der Waals surface area (Å²) in [4.78, 5) is 33.9. The van der Waals surface area contributed by atoms with Gasteiger partial charge < -0.3 is 15.0 Å². The van der Waals surface area contributed by atoms with Gasteiger partial charge >= 0.3 is 6.01 Å². The van der Waals surface area contributed by atoms with E-state index in [0.29, 0.717) is 25.1 Å². The Morgan fingerprint density at radius 3 is 2.65 bits per heavy atom. The van der Waals surface area contributed by atoms with Crippen molar-refractivity contribution in [2.45, 2.75) is 18.9 Å². The van der Waals surface area contributed by atoms with E-state index in [1.807, 2.05) is 0 Å². The van der Waals surface area contributed by atoms with Crippen LogP contribution in [-0.4, -0.2) is 52.9 Å². The molecule has 2 amide bonds. The number of methoxy groups -OCH3 is 1. The van der Waals surface area contributed by atoms with Crippen LogP contribution in [0.2, 0.25) is 0 Å². The van der Waals surface area contributed by atoms with Crippen LogP contribution < -0.4 is 10.1 Å². The Bertz CT molecular complexity index is 780. The Balaban J connectivity index is 1.51. The molecular formula is C18H19FN4O3. The van der Waals surface area contributed by atoms with Crippen LogP contribution in [-0.2, 0) is 11.2 Å². The van der Waals surface area contributed by atoms with Crippen LogP contribution in [0.1, 0.15) is 22.3 Å². The third-order valence-electron chi connectivity index (χ3n) is 4.21. The van der Waals surface area contributed by atoms with Gasteiger partial charge in [-0.3, -0.25) is 9.59 Å². The Labute approximate surface area is 150 Å². The SMILES string of the molecule is COc1ncc(C(=O)N[C@@H]2CC(=O)N(CCc3ccc(F)cc3)C2)cn1. The molecule has 1 aliphatic rings. The standard InChI is InChI=1S/C18H19FN4O3/c1-26-18-20-9-13(10-21-18)17(25)22-15-8-16(24)23(11-15)7-6-12-2-4-14(19)5-3-12/h2-5,9-10,15H,6-8,11H2,1H3,(H,22,25)/t15-/m1/s1. The second-order valence-electron chi connectivity index (χ2n) is 6.05. The van der Waals surface area contributed by atoms with Crippen molar-refractivity contribution in [1.82, 2.24) is 20.2 Å². The summed E-state index contributed by atoms with van der Waals surface area (Å²) in [5, 5.41) is 2.83. The number of nitrogens with zero attached hydrogens (tertiary/aromatic N) is 3. The molecule has 1 saturated heterocycles. The predicted octanol–water partition coefficient (Wildman–Crippen LogP) is 1.20. The van der Waals surface area contributed by atoms with Crippen LogP contribution in [0, 0.1) is 5.82 Å². The zero-order chi connectivity index (χ0) is 18.5. The number of hydrogen-bond donors (Lipinski definition) is 1. The smallest absolute Gasteiger partial charge is 0.316 e. The number of amides is 2. The monoisotopic (exact) mass is 358 g/mol. The lowest BCUT2D eigenvalue weighted by atomic mass is 10.1. The van der Waals surface area contributed by atoms with Crippen molar-refractivity contribution in [2.75, 3.05) is 20.2 Å². The molecule has 1 aliphatic heterocycles. The van der Waals surface area contributed by atoms with E-state index in [9.17, 15) is 14.0 Å². The van der Waals surface area contributed by atoms with Gasteiger partial charge in [-0.25, -0.2) is 14.4 Å². The molecule has 1 aromatic carbocycles. The predicted molar refractivity (Wildman–Crippen MR) is 91.1 cm³/mol. The number of nitrogens with one attached hydrogen (secondary N) is 1. The first-order valence-corrected chi connectivity index (χ1v) is 8.24. The average Bonchev–Trinajstić information content (AvgIpc) is 3.00. The van der Waals surface area contributed by atoms with Crippen LogP contribution in [0.4, 0.5) is 4.39 Å². The lowest BCUT2D eigenvalue weighted by Crippen LogP contribution is -2.37. The molecule has 0 saturated carbocycles. The summed E-state index contributed by atoms with van der Waals surface area (Å²) in [6.07, 6.45) is 3.65. The molecule has 2 heterocycles. The van der Waals surface area contributed by atoms with E-state index in [2.05, 4.69) is 15.3 Å². The second kappa shape index (κ2) is 7.90. The number of carbonyl (C=O) groups is 2. The minimum atomic E-state index is -0.328. The third kappa shape index (κ3) is 4.33. The maximum Gasteiger partial charge on any atom is 0.316 e. The highest BCUT2D eigenvalue weighted by Crippen LogP contribution is 2.14. The van der Waals surface area contributed by atoms with Gasteiger partial charge in [-0.2, -0.15) is 0 Å². The molecule has 0 spiro atoms. The summed E-state index contributed by atoms with van der Waals surface area (Å²) in [6, 6.07) is 6.15. The molecule has 0 aliphatic carbocycles. The molecule has 1 atom stereocenters. The third-order valence-corrected chi connectivity index (χ3v) is 4.21. The zero-order valence-corrected chi connectivity index (χ0v) is 14.3. The van der Waals surface area contributed by atoms with Gasteiger partial charge in [-0.15, -0.1) is 0 Å². The molecule has 136 valence electrons. The van der Waals surface area contributed by atoms with Crippen LogP contribution in [0.5, 0.6) is 6.01 Å². The topological polar surface area (TPSA) is 84.4 Å². The molecule has 1 aromatic heterocycles. The maximum atomic E-state index is 12.9. The summed E-state index contributed by atoms with van der Waals surface area (Å²) in [5.74, 6) is -0.620. The zero-order valence-electron chi connectivity index (χ0n) is 14.3. The lowest BCUT2D eigenvalue weighted by molar-refractivity contribution is -0.127. The molecule has 0 bridgehead atoms. The van der Waals surface area contributed by atoms with Crippen LogP contribution in [0.15, 0.2) is 36.7 Å². The number of aromatic nitrogens is 2. The van der Waals surface area contributed by atoms with Gasteiger partial charge in [0.1, 0.15) is 5.82 Å². The first-order chi connectivity index (χ1) is 12.5. The maximum absolute atomic E-state index is 12.9. The van der Waals surface area contributed by atoms with E-state index in [1.54, 1.807) is 17.0 Å². The van der Waals surface area contributed by atoms with Crippen molar-refractivity contribution in [2.24, 2.45) is 0 Å². The van der Waals surface area contributed by atoms with E-state index in [-0.39, 0.29) is 36.1 Å². The largest absolute Gasteiger partial charge is 0.467 e. The summed E-state index contributed by atoms with van der Waals surface area (Å²) >= 11 is 0. The fraction of sp³-hybridized carbons (Fsp3) is 0.333. The summed E-state index contributed by atoms with van der Waals surface area (Å²) in [7, 11) is 1.44. The van der Waals surface area contributed by atoms with Gasteiger partial charge in [0, 0.05) is 31.9 Å². The van der Waals surface area contributed by atoms with E-state index in [4.69, 9.17) is 4.74 Å². The van der Waals surface area contributed by atoms with E-state index in [1.165, 1.54) is 31.6 Å². The Kier molecular flexibility index (Phi) is 5.40. The lowest BCUT2D eigenvalue weighted by Gasteiger charge is -2.17. The number of benzene rings is 1. The highest BCUT2D eigenvalue weighted by atomic mass is 19.1. The van der Waals surface area contributed by atoms with Crippen molar-refractivity contribution in [3.63, 3.8) is 0 Å². The van der Waals surface area contributed by atoms with Crippen LogP contribution in [0.25, 0.3) is 0 Å². The van der Waals surface area contributed by atoms with Crippen molar-refractivity contribution in [3.8, 4) is 6.01 Å². The van der Waals surface area contributed by atoms with Crippen LogP contribution in [0.3, 0.4) is 0 Å². The van der Waals surface area contributed by atoms with Crippen molar-refractivity contribution in [1.29, 1.82) is 0 Å². The highest BCUT2D eigenvalue weighted by molar-refractivity contribution is 5.94. The van der Waals surface area contributed by atoms with Crippen molar-refractivity contribution in [3.05, 3.63) is 53.6 Å². The van der Waals surface area contributed by atoms with E-state index >= 15 is 0 Å². The van der Waals surface area contributed by atoms with E-state index in [0.717, 1.165) is 5.56 Å². The summed E-state index contributed by atoms with van der Waals surface area (Å²) in [6.45, 7) is 0.977. The minimum Gasteiger partial charge on any atom is -0.467 e. The number of rotatable bonds is 6. The van der Waals surface area contributed by atoms with Gasteiger partial charge in [0.25, 0.3) is 5.91 Å². The number of halogens is 1. The second-order valence-corrected chi connectivity index (χ2v) is 6.05. The Morgan fingerprint density at radius 2 is 2.00 bits per heavy atom. The van der Waals surface area contributed by atoms with Gasteiger partial charge in [0.05, 0.1) is 18.7 Å². The quantitative estimate of drug-likeness (QED) is 0.839. The number of carbonyl (C=O) groups excluding carboxylic acids is 2. The minimum absolute atomic E-state index is 0.0107. The molecule has 3 rings (SSSR count). The Morgan fingerprint density at radius 1 is 1.31 bits per heavy atom. The van der Waals surface area contributed by atoms with Gasteiger partial charge in [0.15, 0.2) is 0 Å². The number of ether oxygens (including phenoxy) is 1. The molecule has 8 heteroatoms. The normalized spacial score (nSPS) is 16.6. The molecule has 7 nitrogen and oxygen atoms in total. The van der Waals surface area contributed by atoms with E-state index < -0.39 is 0 Å². The molecular weight excluding hydrogens is 339 g/mol. The molecule has 0 radical (unpaired) electrons. The average molecular weight is 358 g/mol. The molecule has 0 unspecified atom stereocenters. The molecule has 2 aromatic rings. The van der Waals surface area contributed by atoms with Crippen LogP contribution >= 0.6 is 0 Å². The molecule has 1 N–H and O–H groups in total. The summed E-state index contributed by atoms with van der Waals surface area (Å²) in [5.41, 5.74) is 1.27. The fourth-order valence-corrected chi connectivity index (χ4v) is 2.81. The first kappa shape index (κ1) is 17.8. The first-order valence-electron chi connectivity index (χ1n) is 8.24. The van der Waals surface area contributed by atoms with Gasteiger partial charge in [-0.05, 0) is 24.1 Å². The van der Waals surface area contributed by atoms with Gasteiger partial charge in [-0.1, -0.05) is 12.1 Å². The highest BCUT2D eigenvalue weighted by Gasteiger charge is 2.30. The Hall–Kier alpha value is -3.03. The van der Waals surface area contributed by atoms with Crippen molar-refractivity contribution < 1.29 is 18.7 Å². The molecule has 1 fully saturated rings.